The summed E-state index contributed by atoms with van der Waals surface area (Å²) in [5, 5.41) is 8.85. The van der Waals surface area contributed by atoms with Gasteiger partial charge in [-0.3, -0.25) is 4.40 Å². The Hall–Kier alpha value is -2.68. The molecule has 0 spiro atoms. The first-order chi connectivity index (χ1) is 14.5. The van der Waals surface area contributed by atoms with Gasteiger partial charge in [-0.15, -0.1) is 10.2 Å². The fourth-order valence-electron chi connectivity index (χ4n) is 4.52. The molecule has 1 saturated carbocycles. The third kappa shape index (κ3) is 3.98. The minimum atomic E-state index is -0.238. The molecule has 1 amide bonds. The molecule has 0 bridgehead atoms. The molecule has 4 rings (SSSR count). The van der Waals surface area contributed by atoms with Crippen LogP contribution in [-0.2, 0) is 4.74 Å². The number of nitrogens with zero attached hydrogens (tertiary/aromatic N) is 6. The molecule has 0 radical (unpaired) electrons. The molecule has 3 aromatic rings. The van der Waals surface area contributed by atoms with Crippen LogP contribution in [0.5, 0.6) is 0 Å². The van der Waals surface area contributed by atoms with Crippen LogP contribution in [0, 0.1) is 5.92 Å². The smallest absolute Gasteiger partial charge is 0.409 e. The minimum absolute atomic E-state index is 0.0975. The average Bonchev–Trinajstić information content (AvgIpc) is 3.43. The monoisotopic (exact) mass is 413 g/mol. The van der Waals surface area contributed by atoms with Crippen molar-refractivity contribution < 1.29 is 9.53 Å². The van der Waals surface area contributed by atoms with Gasteiger partial charge in [-0.1, -0.05) is 13.3 Å². The summed E-state index contributed by atoms with van der Waals surface area (Å²) in [4.78, 5) is 23.9. The van der Waals surface area contributed by atoms with Crippen molar-refractivity contribution >= 4 is 22.9 Å². The Morgan fingerprint density at radius 1 is 1.27 bits per heavy atom. The molecule has 9 heteroatoms. The zero-order valence-corrected chi connectivity index (χ0v) is 18.2. The number of carbonyl (C=O) groups excluding carboxylic acids is 1. The van der Waals surface area contributed by atoms with Crippen molar-refractivity contribution in [3.8, 4) is 0 Å². The summed E-state index contributed by atoms with van der Waals surface area (Å²) < 4.78 is 7.96. The highest BCUT2D eigenvalue weighted by atomic mass is 16.6. The summed E-state index contributed by atoms with van der Waals surface area (Å²) in [6.45, 7) is 3.83. The van der Waals surface area contributed by atoms with E-state index < -0.39 is 0 Å². The third-order valence-corrected chi connectivity index (χ3v) is 6.15. The van der Waals surface area contributed by atoms with E-state index in [1.54, 1.807) is 11.1 Å². The molecular formula is C21H31N7O2. The lowest BCUT2D eigenvalue weighted by molar-refractivity contribution is 0.0690. The molecule has 3 heterocycles. The highest BCUT2D eigenvalue weighted by Gasteiger charge is 2.39. The van der Waals surface area contributed by atoms with Gasteiger partial charge in [0.25, 0.3) is 0 Å². The van der Waals surface area contributed by atoms with Crippen molar-refractivity contribution in [3.05, 3.63) is 24.3 Å². The maximum atomic E-state index is 12.6. The van der Waals surface area contributed by atoms with E-state index in [0.29, 0.717) is 12.5 Å². The number of fused-ring (bicyclic) bond motifs is 3. The summed E-state index contributed by atoms with van der Waals surface area (Å²) in [6, 6.07) is 2.00. The standard InChI is InChI=1S/C21H31N7O2/c1-5-14-11-15(30-21(29)27(4)10-6-9-26(2)3)12-16(14)20-25-24-18-13-23-19-17(28(18)20)7-8-22-19/h7-8,13-16,22H,5-6,9-12H2,1-4H3/t14-,15+,16+/m1/s1. The van der Waals surface area contributed by atoms with Crippen molar-refractivity contribution in [2.75, 3.05) is 34.2 Å². The van der Waals surface area contributed by atoms with Gasteiger partial charge in [0.05, 0.1) is 11.7 Å². The molecule has 162 valence electrons. The van der Waals surface area contributed by atoms with E-state index in [-0.39, 0.29) is 18.1 Å². The van der Waals surface area contributed by atoms with Crippen molar-refractivity contribution in [2.24, 2.45) is 5.92 Å². The number of rotatable bonds is 7. The fourth-order valence-corrected chi connectivity index (χ4v) is 4.52. The van der Waals surface area contributed by atoms with E-state index in [9.17, 15) is 4.79 Å². The molecule has 0 aliphatic heterocycles. The van der Waals surface area contributed by atoms with Gasteiger partial charge in [0.2, 0.25) is 0 Å². The van der Waals surface area contributed by atoms with E-state index in [1.165, 1.54) is 0 Å². The number of aromatic amines is 1. The van der Waals surface area contributed by atoms with E-state index in [2.05, 4.69) is 36.4 Å². The number of hydrogen-bond donors (Lipinski definition) is 1. The largest absolute Gasteiger partial charge is 0.446 e. The maximum absolute atomic E-state index is 12.6. The van der Waals surface area contributed by atoms with Crippen molar-refractivity contribution in [1.82, 2.24) is 34.4 Å². The first kappa shape index (κ1) is 20.6. The molecule has 1 fully saturated rings. The molecule has 0 unspecified atom stereocenters. The molecule has 1 aliphatic rings. The highest BCUT2D eigenvalue weighted by Crippen LogP contribution is 2.42. The van der Waals surface area contributed by atoms with Crippen LogP contribution in [0.4, 0.5) is 4.79 Å². The van der Waals surface area contributed by atoms with Gasteiger partial charge in [-0.05, 0) is 51.9 Å². The van der Waals surface area contributed by atoms with E-state index >= 15 is 0 Å². The van der Waals surface area contributed by atoms with Gasteiger partial charge in [0.1, 0.15) is 11.9 Å². The molecule has 30 heavy (non-hydrogen) atoms. The van der Waals surface area contributed by atoms with Gasteiger partial charge < -0.3 is 19.5 Å². The van der Waals surface area contributed by atoms with Crippen LogP contribution in [0.2, 0.25) is 0 Å². The summed E-state index contributed by atoms with van der Waals surface area (Å²) in [5.74, 6) is 1.53. The zero-order chi connectivity index (χ0) is 21.3. The molecule has 0 saturated heterocycles. The normalized spacial score (nSPS) is 21.7. The predicted molar refractivity (Wildman–Crippen MR) is 114 cm³/mol. The van der Waals surface area contributed by atoms with Crippen molar-refractivity contribution in [1.29, 1.82) is 0 Å². The highest BCUT2D eigenvalue weighted by molar-refractivity contribution is 5.74. The second-order valence-corrected chi connectivity index (χ2v) is 8.55. The Morgan fingerprint density at radius 2 is 2.10 bits per heavy atom. The van der Waals surface area contributed by atoms with Crippen molar-refractivity contribution in [3.63, 3.8) is 0 Å². The maximum Gasteiger partial charge on any atom is 0.409 e. The Bertz CT molecular complexity index is 1010. The number of H-pyrrole nitrogens is 1. The van der Waals surface area contributed by atoms with Gasteiger partial charge in [0, 0.05) is 25.7 Å². The fraction of sp³-hybridized carbons (Fsp3) is 0.619. The van der Waals surface area contributed by atoms with Crippen LogP contribution in [0.3, 0.4) is 0 Å². The average molecular weight is 414 g/mol. The zero-order valence-electron chi connectivity index (χ0n) is 18.2. The first-order valence-electron chi connectivity index (χ1n) is 10.7. The summed E-state index contributed by atoms with van der Waals surface area (Å²) >= 11 is 0. The molecular weight excluding hydrogens is 382 g/mol. The molecule has 1 aliphatic carbocycles. The molecule has 9 nitrogen and oxygen atoms in total. The molecule has 1 N–H and O–H groups in total. The molecule has 3 aromatic heterocycles. The van der Waals surface area contributed by atoms with Gasteiger partial charge >= 0.3 is 6.09 Å². The van der Waals surface area contributed by atoms with Crippen LogP contribution in [0.1, 0.15) is 44.3 Å². The Morgan fingerprint density at radius 3 is 2.87 bits per heavy atom. The quantitative estimate of drug-likeness (QED) is 0.640. The first-order valence-corrected chi connectivity index (χ1v) is 10.7. The number of carbonyl (C=O) groups is 1. The van der Waals surface area contributed by atoms with E-state index in [4.69, 9.17) is 4.74 Å². The lowest BCUT2D eigenvalue weighted by Crippen LogP contribution is -2.32. The predicted octanol–water partition coefficient (Wildman–Crippen LogP) is 2.90. The second-order valence-electron chi connectivity index (χ2n) is 8.55. The van der Waals surface area contributed by atoms with Crippen LogP contribution >= 0.6 is 0 Å². The Balaban J connectivity index is 1.48. The lowest BCUT2D eigenvalue weighted by Gasteiger charge is -2.21. The minimum Gasteiger partial charge on any atom is -0.446 e. The van der Waals surface area contributed by atoms with Crippen LogP contribution in [-0.4, -0.2) is 80.8 Å². The summed E-state index contributed by atoms with van der Waals surface area (Å²) in [6.07, 6.45) is 6.84. The third-order valence-electron chi connectivity index (χ3n) is 6.15. The van der Waals surface area contributed by atoms with Crippen molar-refractivity contribution in [2.45, 2.75) is 44.6 Å². The number of amides is 1. The van der Waals surface area contributed by atoms with Gasteiger partial charge in [-0.25, -0.2) is 9.78 Å². The summed E-state index contributed by atoms with van der Waals surface area (Å²) in [7, 11) is 5.88. The number of nitrogens with one attached hydrogen (secondary N) is 1. The second kappa shape index (κ2) is 8.59. The summed E-state index contributed by atoms with van der Waals surface area (Å²) in [5.41, 5.74) is 2.54. The molecule has 0 aromatic carbocycles. The Kier molecular flexibility index (Phi) is 5.90. The van der Waals surface area contributed by atoms with Gasteiger partial charge in [0.15, 0.2) is 11.3 Å². The van der Waals surface area contributed by atoms with E-state index in [0.717, 1.165) is 54.9 Å². The van der Waals surface area contributed by atoms with Crippen LogP contribution in [0.15, 0.2) is 18.5 Å². The van der Waals surface area contributed by atoms with Crippen LogP contribution < -0.4 is 0 Å². The number of hydrogen-bond acceptors (Lipinski definition) is 6. The van der Waals surface area contributed by atoms with Gasteiger partial charge in [-0.2, -0.15) is 0 Å². The number of aromatic nitrogens is 5. The SMILES string of the molecule is CC[C@@H]1C[C@H](OC(=O)N(C)CCCN(C)C)C[C@@H]1c1nnc2cnc3[nH]ccc3n12. The Labute approximate surface area is 176 Å². The topological polar surface area (TPSA) is 91.7 Å². The molecule has 3 atom stereocenters. The lowest BCUT2D eigenvalue weighted by atomic mass is 9.93. The van der Waals surface area contributed by atoms with Crippen LogP contribution in [0.25, 0.3) is 16.8 Å². The number of ether oxygens (including phenoxy) is 1. The van der Waals surface area contributed by atoms with E-state index in [1.807, 2.05) is 33.4 Å².